The summed E-state index contributed by atoms with van der Waals surface area (Å²) in [6, 6.07) is 12.3. The molecule has 0 saturated carbocycles. The van der Waals surface area contributed by atoms with E-state index in [0.717, 1.165) is 5.56 Å². The van der Waals surface area contributed by atoms with Crippen molar-refractivity contribution in [1.82, 2.24) is 15.1 Å². The van der Waals surface area contributed by atoms with Gasteiger partial charge in [0.2, 0.25) is 0 Å². The predicted molar refractivity (Wildman–Crippen MR) is 93.1 cm³/mol. The topological polar surface area (TPSA) is 92.3 Å². The maximum absolute atomic E-state index is 12.0. The highest BCUT2D eigenvalue weighted by Gasteiger charge is 2.26. The van der Waals surface area contributed by atoms with Gasteiger partial charge in [-0.2, -0.15) is 5.10 Å². The number of furan rings is 1. The molecule has 2 aromatic heterocycles. The van der Waals surface area contributed by atoms with Crippen LogP contribution in [0.15, 0.2) is 65.5 Å². The molecule has 0 radical (unpaired) electrons. The van der Waals surface area contributed by atoms with Crippen LogP contribution in [0.5, 0.6) is 0 Å². The number of nitrogens with zero attached hydrogens (tertiary/aromatic N) is 2. The Kier molecular flexibility index (Phi) is 4.85. The summed E-state index contributed by atoms with van der Waals surface area (Å²) >= 11 is 0. The van der Waals surface area contributed by atoms with Gasteiger partial charge in [-0.15, -0.1) is 0 Å². The normalized spacial score (nSPS) is 13.2. The highest BCUT2D eigenvalue weighted by atomic mass is 16.4. The van der Waals surface area contributed by atoms with Crippen LogP contribution in [0.2, 0.25) is 0 Å². The van der Waals surface area contributed by atoms with E-state index in [1.54, 1.807) is 25.3 Å². The van der Waals surface area contributed by atoms with Crippen molar-refractivity contribution in [2.24, 2.45) is 0 Å². The second-order valence-electron chi connectivity index (χ2n) is 5.96. The van der Waals surface area contributed by atoms with Crippen LogP contribution in [0.3, 0.4) is 0 Å². The van der Waals surface area contributed by atoms with Crippen LogP contribution in [-0.4, -0.2) is 27.5 Å². The third-order valence-electron chi connectivity index (χ3n) is 3.76. The molecule has 0 aliphatic heterocycles. The van der Waals surface area contributed by atoms with Crippen LogP contribution in [0.4, 0.5) is 10.5 Å². The largest absolute Gasteiger partial charge is 0.466 e. The van der Waals surface area contributed by atoms with E-state index >= 15 is 0 Å². The van der Waals surface area contributed by atoms with Gasteiger partial charge in [0, 0.05) is 18.1 Å². The molecule has 2 amide bonds. The van der Waals surface area contributed by atoms with E-state index < -0.39 is 11.6 Å². The number of carbonyl (C=O) groups excluding carboxylic acids is 1. The van der Waals surface area contributed by atoms with Crippen molar-refractivity contribution in [3.05, 3.63) is 72.4 Å². The average molecular weight is 340 g/mol. The second-order valence-corrected chi connectivity index (χ2v) is 5.96. The first-order chi connectivity index (χ1) is 12.0. The number of urea groups is 1. The SMILES string of the molecule is CC(O)(CNC(=O)Nc1ccc(Cn2cccn2)cc1)c1ccco1. The number of nitrogens with one attached hydrogen (secondary N) is 2. The summed E-state index contributed by atoms with van der Waals surface area (Å²) in [7, 11) is 0. The van der Waals surface area contributed by atoms with Gasteiger partial charge >= 0.3 is 6.03 Å². The van der Waals surface area contributed by atoms with Crippen LogP contribution in [0.1, 0.15) is 18.2 Å². The molecule has 2 heterocycles. The van der Waals surface area contributed by atoms with Crippen LogP contribution >= 0.6 is 0 Å². The summed E-state index contributed by atoms with van der Waals surface area (Å²) in [5.74, 6) is 0.399. The van der Waals surface area contributed by atoms with Crippen LogP contribution in [-0.2, 0) is 12.1 Å². The highest BCUT2D eigenvalue weighted by molar-refractivity contribution is 5.89. The lowest BCUT2D eigenvalue weighted by atomic mass is 10.0. The Balaban J connectivity index is 1.51. The molecular weight excluding hydrogens is 320 g/mol. The summed E-state index contributed by atoms with van der Waals surface area (Å²) in [6.45, 7) is 2.28. The minimum atomic E-state index is -1.27. The molecule has 0 spiro atoms. The summed E-state index contributed by atoms with van der Waals surface area (Å²) < 4.78 is 7.00. The Hall–Kier alpha value is -3.06. The molecule has 0 saturated heterocycles. The first kappa shape index (κ1) is 16.8. The van der Waals surface area contributed by atoms with E-state index in [2.05, 4.69) is 15.7 Å². The third kappa shape index (κ3) is 4.48. The quantitative estimate of drug-likeness (QED) is 0.643. The van der Waals surface area contributed by atoms with Gasteiger partial charge in [-0.25, -0.2) is 4.79 Å². The van der Waals surface area contributed by atoms with Gasteiger partial charge in [-0.3, -0.25) is 4.68 Å². The number of aromatic nitrogens is 2. The predicted octanol–water partition coefficient (Wildman–Crippen LogP) is 2.55. The molecule has 1 aromatic carbocycles. The first-order valence-corrected chi connectivity index (χ1v) is 7.90. The van der Waals surface area contributed by atoms with E-state index in [-0.39, 0.29) is 6.54 Å². The molecule has 130 valence electrons. The van der Waals surface area contributed by atoms with Crippen molar-refractivity contribution in [3.63, 3.8) is 0 Å². The summed E-state index contributed by atoms with van der Waals surface area (Å²) in [4.78, 5) is 12.0. The molecule has 7 nitrogen and oxygen atoms in total. The molecule has 1 atom stereocenters. The minimum Gasteiger partial charge on any atom is -0.466 e. The molecule has 7 heteroatoms. The standard InChI is InChI=1S/C18H20N4O3/c1-18(24,16-4-2-11-25-16)13-19-17(23)21-15-7-5-14(6-8-15)12-22-10-3-9-20-22/h2-11,24H,12-13H2,1H3,(H2,19,21,23). The molecule has 0 aliphatic carbocycles. The minimum absolute atomic E-state index is 0.0315. The van der Waals surface area contributed by atoms with E-state index in [9.17, 15) is 9.90 Å². The Morgan fingerprint density at radius 2 is 2.08 bits per heavy atom. The monoisotopic (exact) mass is 340 g/mol. The van der Waals surface area contributed by atoms with E-state index in [4.69, 9.17) is 4.42 Å². The van der Waals surface area contributed by atoms with E-state index in [1.165, 1.54) is 6.26 Å². The van der Waals surface area contributed by atoms with Gasteiger partial charge in [0.25, 0.3) is 0 Å². The molecule has 0 bridgehead atoms. The fourth-order valence-corrected chi connectivity index (χ4v) is 2.37. The highest BCUT2D eigenvalue weighted by Crippen LogP contribution is 2.19. The number of hydrogen-bond donors (Lipinski definition) is 3. The van der Waals surface area contributed by atoms with Crippen LogP contribution < -0.4 is 10.6 Å². The van der Waals surface area contributed by atoms with Crippen molar-refractivity contribution < 1.29 is 14.3 Å². The van der Waals surface area contributed by atoms with Crippen molar-refractivity contribution in [3.8, 4) is 0 Å². The Morgan fingerprint density at radius 3 is 2.72 bits per heavy atom. The van der Waals surface area contributed by atoms with Crippen molar-refractivity contribution in [1.29, 1.82) is 0 Å². The lowest BCUT2D eigenvalue weighted by molar-refractivity contribution is 0.0372. The third-order valence-corrected chi connectivity index (χ3v) is 3.76. The zero-order valence-electron chi connectivity index (χ0n) is 13.8. The van der Waals surface area contributed by atoms with Gasteiger partial charge in [-0.1, -0.05) is 12.1 Å². The summed E-state index contributed by atoms with van der Waals surface area (Å²) in [5, 5.41) is 19.8. The zero-order chi connectivity index (χ0) is 17.7. The summed E-state index contributed by atoms with van der Waals surface area (Å²) in [6.07, 6.45) is 5.11. The number of rotatable bonds is 6. The number of aliphatic hydroxyl groups is 1. The van der Waals surface area contributed by atoms with E-state index in [1.807, 2.05) is 41.2 Å². The second kappa shape index (κ2) is 7.23. The van der Waals surface area contributed by atoms with Gasteiger partial charge in [0.15, 0.2) is 0 Å². The van der Waals surface area contributed by atoms with Crippen molar-refractivity contribution >= 4 is 11.7 Å². The first-order valence-electron chi connectivity index (χ1n) is 7.90. The average Bonchev–Trinajstić information content (AvgIpc) is 3.29. The molecule has 1 unspecified atom stereocenters. The van der Waals surface area contributed by atoms with Gasteiger partial charge < -0.3 is 20.2 Å². The number of hydrogen-bond acceptors (Lipinski definition) is 4. The smallest absolute Gasteiger partial charge is 0.319 e. The molecular formula is C18H20N4O3. The Bertz CT molecular complexity index is 793. The van der Waals surface area contributed by atoms with Crippen molar-refractivity contribution in [2.45, 2.75) is 19.1 Å². The lowest BCUT2D eigenvalue weighted by Crippen LogP contribution is -2.40. The van der Waals surface area contributed by atoms with Gasteiger partial charge in [-0.05, 0) is 42.8 Å². The zero-order valence-corrected chi connectivity index (χ0v) is 13.8. The fourth-order valence-electron chi connectivity index (χ4n) is 2.37. The number of benzene rings is 1. The fraction of sp³-hybridized carbons (Fsp3) is 0.222. The van der Waals surface area contributed by atoms with Crippen molar-refractivity contribution in [2.75, 3.05) is 11.9 Å². The number of amides is 2. The molecule has 0 aliphatic rings. The maximum Gasteiger partial charge on any atom is 0.319 e. The number of anilines is 1. The van der Waals surface area contributed by atoms with Gasteiger partial charge in [0.1, 0.15) is 11.4 Å². The van der Waals surface area contributed by atoms with Crippen LogP contribution in [0.25, 0.3) is 0 Å². The Morgan fingerprint density at radius 1 is 1.28 bits per heavy atom. The van der Waals surface area contributed by atoms with Gasteiger partial charge in [0.05, 0.1) is 19.4 Å². The maximum atomic E-state index is 12.0. The molecule has 3 N–H and O–H groups in total. The summed E-state index contributed by atoms with van der Waals surface area (Å²) in [5.41, 5.74) is 0.476. The Labute approximate surface area is 145 Å². The molecule has 3 rings (SSSR count). The molecule has 25 heavy (non-hydrogen) atoms. The van der Waals surface area contributed by atoms with Crippen LogP contribution in [0, 0.1) is 0 Å². The molecule has 3 aromatic rings. The number of carbonyl (C=O) groups is 1. The molecule has 0 fully saturated rings. The van der Waals surface area contributed by atoms with E-state index in [0.29, 0.717) is 18.0 Å². The lowest BCUT2D eigenvalue weighted by Gasteiger charge is -2.21.